The molecule has 0 fully saturated rings. The molecule has 0 N–H and O–H groups in total. The Kier molecular flexibility index (Phi) is 9.90. The maximum Gasteiger partial charge on any atom is 0.135 e. The average Bonchev–Trinajstić information content (AvgIpc) is 4.13. The van der Waals surface area contributed by atoms with Gasteiger partial charge >= 0.3 is 0 Å². The van der Waals surface area contributed by atoms with Crippen LogP contribution in [0, 0.1) is 0 Å². The average molecular weight is 943 g/mol. The van der Waals surface area contributed by atoms with Crippen LogP contribution < -0.4 is 9.80 Å². The molecule has 0 amide bonds. The van der Waals surface area contributed by atoms with Crippen molar-refractivity contribution in [3.8, 4) is 33.4 Å². The normalized spacial score (nSPS) is 11.7. The zero-order chi connectivity index (χ0) is 46.8. The lowest BCUT2D eigenvalue weighted by molar-refractivity contribution is 0.669. The van der Waals surface area contributed by atoms with Gasteiger partial charge in [-0.3, -0.25) is 0 Å². The molecule has 0 aliphatic carbocycles. The molecule has 11 aromatic carbocycles. The monoisotopic (exact) mass is 942 g/mol. The molecule has 0 saturated heterocycles. The van der Waals surface area contributed by atoms with Crippen LogP contribution in [0.3, 0.4) is 0 Å². The summed E-state index contributed by atoms with van der Waals surface area (Å²) in [5.41, 5.74) is 15.4. The van der Waals surface area contributed by atoms with Crippen molar-refractivity contribution in [1.29, 1.82) is 0 Å². The summed E-state index contributed by atoms with van der Waals surface area (Å²) in [7, 11) is 0. The van der Waals surface area contributed by atoms with Gasteiger partial charge in [0.05, 0.1) is 0 Å². The lowest BCUT2D eigenvalue weighted by atomic mass is 10.00. The Balaban J connectivity index is 0.868. The van der Waals surface area contributed by atoms with Gasteiger partial charge in [0.1, 0.15) is 11.2 Å². The van der Waals surface area contributed by atoms with E-state index in [1.54, 1.807) is 0 Å². The van der Waals surface area contributed by atoms with Gasteiger partial charge in [-0.15, -0.1) is 22.7 Å². The molecular formula is C66H42N2OS2. The van der Waals surface area contributed by atoms with Crippen molar-refractivity contribution >= 4 is 119 Å². The first kappa shape index (κ1) is 41.3. The first-order valence-electron chi connectivity index (χ1n) is 24.0. The van der Waals surface area contributed by atoms with Crippen LogP contribution in [0.5, 0.6) is 0 Å². The van der Waals surface area contributed by atoms with Crippen molar-refractivity contribution < 1.29 is 4.42 Å². The Morgan fingerprint density at radius 3 is 1.55 bits per heavy atom. The van der Waals surface area contributed by atoms with E-state index in [-0.39, 0.29) is 0 Å². The molecule has 3 nitrogen and oxygen atoms in total. The highest BCUT2D eigenvalue weighted by molar-refractivity contribution is 7.26. The quantitative estimate of drug-likeness (QED) is 0.144. The second-order valence-corrected chi connectivity index (χ2v) is 20.2. The number of anilines is 6. The van der Waals surface area contributed by atoms with Gasteiger partial charge in [0.15, 0.2) is 0 Å². The molecule has 14 aromatic rings. The van der Waals surface area contributed by atoms with E-state index in [1.165, 1.54) is 62.6 Å². The molecule has 0 saturated carbocycles. The molecule has 5 heteroatoms. The van der Waals surface area contributed by atoms with Crippen molar-refractivity contribution in [3.63, 3.8) is 0 Å². The Hall–Kier alpha value is -8.74. The molecule has 0 unspecified atom stereocenters. The summed E-state index contributed by atoms with van der Waals surface area (Å²) < 4.78 is 11.8. The third-order valence-corrected chi connectivity index (χ3v) is 16.2. The molecule has 0 radical (unpaired) electrons. The third-order valence-electron chi connectivity index (χ3n) is 13.8. The summed E-state index contributed by atoms with van der Waals surface area (Å²) in [6.07, 6.45) is 0. The van der Waals surface area contributed by atoms with Crippen LogP contribution in [-0.2, 0) is 0 Å². The zero-order valence-corrected chi connectivity index (χ0v) is 40.0. The molecule has 0 aliphatic heterocycles. The Morgan fingerprint density at radius 2 is 0.746 bits per heavy atom. The molecule has 3 heterocycles. The fourth-order valence-electron chi connectivity index (χ4n) is 10.4. The van der Waals surface area contributed by atoms with Crippen molar-refractivity contribution in [2.45, 2.75) is 0 Å². The predicted molar refractivity (Wildman–Crippen MR) is 305 cm³/mol. The van der Waals surface area contributed by atoms with Crippen molar-refractivity contribution in [3.05, 3.63) is 255 Å². The second-order valence-electron chi connectivity index (χ2n) is 18.1. The van der Waals surface area contributed by atoms with E-state index in [9.17, 15) is 0 Å². The first-order chi connectivity index (χ1) is 35.2. The predicted octanol–water partition coefficient (Wildman–Crippen LogP) is 20.3. The van der Waals surface area contributed by atoms with Gasteiger partial charge in [-0.05, 0) is 143 Å². The summed E-state index contributed by atoms with van der Waals surface area (Å²) in [5, 5.41) is 7.31. The summed E-state index contributed by atoms with van der Waals surface area (Å²) in [4.78, 5) is 4.71. The van der Waals surface area contributed by atoms with E-state index >= 15 is 0 Å². The Labute approximate surface area is 419 Å². The van der Waals surface area contributed by atoms with E-state index in [4.69, 9.17) is 4.42 Å². The number of benzene rings is 11. The number of hydrogen-bond acceptors (Lipinski definition) is 5. The minimum absolute atomic E-state index is 0.861. The topological polar surface area (TPSA) is 19.6 Å². The van der Waals surface area contributed by atoms with E-state index in [0.717, 1.165) is 67.2 Å². The highest BCUT2D eigenvalue weighted by atomic mass is 32.1. The van der Waals surface area contributed by atoms with Gasteiger partial charge in [0.25, 0.3) is 0 Å². The van der Waals surface area contributed by atoms with E-state index in [2.05, 4.69) is 265 Å². The molecule has 334 valence electrons. The van der Waals surface area contributed by atoms with Gasteiger partial charge in [-0.25, -0.2) is 0 Å². The maximum atomic E-state index is 6.61. The van der Waals surface area contributed by atoms with Crippen LogP contribution in [0.4, 0.5) is 34.1 Å². The standard InChI is InChI=1S/C66H42N2OS2/c1-4-14-43(15-5-1)45-16-12-21-51(38-45)68(50-30-26-44(27-31-50)46-29-37-64-60(39-46)55-22-10-11-25-63(55)70-64)52-33-36-62-59(41-52)58-40-47(28-35-61(58)69-62)54-23-13-24-57-56-34-32-53(42-65(56)71-66(54)57)67(48-17-6-2-7-18-48)49-19-8-3-9-20-49/h1-42H. The molecule has 0 spiro atoms. The smallest absolute Gasteiger partial charge is 0.135 e. The largest absolute Gasteiger partial charge is 0.456 e. The van der Waals surface area contributed by atoms with E-state index in [0.29, 0.717) is 0 Å². The highest BCUT2D eigenvalue weighted by Gasteiger charge is 2.20. The zero-order valence-electron chi connectivity index (χ0n) is 38.4. The van der Waals surface area contributed by atoms with Gasteiger partial charge in [0.2, 0.25) is 0 Å². The van der Waals surface area contributed by atoms with Gasteiger partial charge in [0, 0.05) is 85.2 Å². The lowest BCUT2D eigenvalue weighted by Gasteiger charge is -2.26. The van der Waals surface area contributed by atoms with Gasteiger partial charge < -0.3 is 14.2 Å². The van der Waals surface area contributed by atoms with Crippen LogP contribution in [0.15, 0.2) is 259 Å². The molecule has 0 atom stereocenters. The number of thiophene rings is 2. The number of fused-ring (bicyclic) bond motifs is 9. The van der Waals surface area contributed by atoms with Crippen LogP contribution in [0.1, 0.15) is 0 Å². The first-order valence-corrected chi connectivity index (χ1v) is 25.6. The molecule has 0 aliphatic rings. The summed E-state index contributed by atoms with van der Waals surface area (Å²) in [6.45, 7) is 0. The minimum Gasteiger partial charge on any atom is -0.456 e. The number of nitrogens with zero attached hydrogens (tertiary/aromatic N) is 2. The van der Waals surface area contributed by atoms with Crippen LogP contribution >= 0.6 is 22.7 Å². The Bertz CT molecular complexity index is 4250. The number of rotatable bonds is 9. The van der Waals surface area contributed by atoms with Gasteiger partial charge in [-0.2, -0.15) is 0 Å². The Morgan fingerprint density at radius 1 is 0.254 bits per heavy atom. The number of hydrogen-bond donors (Lipinski definition) is 0. The lowest BCUT2D eigenvalue weighted by Crippen LogP contribution is -2.10. The summed E-state index contributed by atoms with van der Waals surface area (Å²) >= 11 is 3.72. The number of furan rings is 1. The molecule has 14 rings (SSSR count). The highest BCUT2D eigenvalue weighted by Crippen LogP contribution is 2.46. The maximum absolute atomic E-state index is 6.61. The van der Waals surface area contributed by atoms with E-state index < -0.39 is 0 Å². The summed E-state index contributed by atoms with van der Waals surface area (Å²) in [5.74, 6) is 0. The summed E-state index contributed by atoms with van der Waals surface area (Å²) in [6, 6.07) is 92.2. The molecule has 3 aromatic heterocycles. The molecule has 0 bridgehead atoms. The van der Waals surface area contributed by atoms with Crippen molar-refractivity contribution in [2.75, 3.05) is 9.80 Å². The minimum atomic E-state index is 0.861. The fraction of sp³-hybridized carbons (Fsp3) is 0. The van der Waals surface area contributed by atoms with Crippen LogP contribution in [0.25, 0.3) is 95.7 Å². The van der Waals surface area contributed by atoms with Crippen molar-refractivity contribution in [2.24, 2.45) is 0 Å². The van der Waals surface area contributed by atoms with Crippen molar-refractivity contribution in [1.82, 2.24) is 0 Å². The molecule has 71 heavy (non-hydrogen) atoms. The SMILES string of the molecule is c1ccc(-c2cccc(N(c3ccc(-c4ccc5sc6ccccc6c5c4)cc3)c3ccc4oc5ccc(-c6cccc7c6sc6cc(N(c8ccccc8)c8ccccc8)ccc67)cc5c4c3)c2)cc1. The van der Waals surface area contributed by atoms with Crippen LogP contribution in [0.2, 0.25) is 0 Å². The fourth-order valence-corrected chi connectivity index (χ4v) is 12.8. The third kappa shape index (κ3) is 7.25. The van der Waals surface area contributed by atoms with Gasteiger partial charge in [-0.1, -0.05) is 146 Å². The second kappa shape index (κ2) is 17.0. The molecular weight excluding hydrogens is 901 g/mol. The number of para-hydroxylation sites is 2. The van der Waals surface area contributed by atoms with Crippen LogP contribution in [-0.4, -0.2) is 0 Å². The van der Waals surface area contributed by atoms with E-state index in [1.807, 2.05) is 22.7 Å².